The van der Waals surface area contributed by atoms with E-state index in [4.69, 9.17) is 0 Å². The molecule has 1 fully saturated rings. The summed E-state index contributed by atoms with van der Waals surface area (Å²) in [5, 5.41) is 2.71. The van der Waals surface area contributed by atoms with Gasteiger partial charge in [0.05, 0.1) is 5.92 Å². The third-order valence-electron chi connectivity index (χ3n) is 1.94. The van der Waals surface area contributed by atoms with Gasteiger partial charge in [0, 0.05) is 6.54 Å². The molecule has 12 heavy (non-hydrogen) atoms. The van der Waals surface area contributed by atoms with Crippen molar-refractivity contribution in [1.82, 2.24) is 5.32 Å². The molecule has 2 unspecified atom stereocenters. The highest BCUT2D eigenvalue weighted by molar-refractivity contribution is 4.82. The van der Waals surface area contributed by atoms with E-state index < -0.39 is 12.1 Å². The summed E-state index contributed by atoms with van der Waals surface area (Å²) in [7, 11) is 0. The topological polar surface area (TPSA) is 12.0 Å². The van der Waals surface area contributed by atoms with Crippen molar-refractivity contribution < 1.29 is 13.2 Å². The molecule has 0 spiro atoms. The van der Waals surface area contributed by atoms with Crippen LogP contribution in [0.1, 0.15) is 20.8 Å². The number of hydrogen-bond acceptors (Lipinski definition) is 1. The largest absolute Gasteiger partial charge is 0.393 e. The second-order valence-corrected chi connectivity index (χ2v) is 2.78. The van der Waals surface area contributed by atoms with Gasteiger partial charge in [-0.15, -0.1) is 0 Å². The van der Waals surface area contributed by atoms with Crippen molar-refractivity contribution in [2.75, 3.05) is 13.1 Å². The molecule has 74 valence electrons. The maximum atomic E-state index is 12.0. The Kier molecular flexibility index (Phi) is 4.60. The van der Waals surface area contributed by atoms with Gasteiger partial charge in [0.1, 0.15) is 0 Å². The van der Waals surface area contributed by atoms with Crippen molar-refractivity contribution >= 4 is 0 Å². The highest BCUT2D eigenvalue weighted by Gasteiger charge is 2.44. The Balaban J connectivity index is 0.000000561. The second kappa shape index (κ2) is 4.70. The van der Waals surface area contributed by atoms with Crippen LogP contribution in [0.3, 0.4) is 0 Å². The Hall–Kier alpha value is -0.250. The van der Waals surface area contributed by atoms with Crippen LogP contribution in [0.2, 0.25) is 0 Å². The van der Waals surface area contributed by atoms with Crippen LogP contribution >= 0.6 is 0 Å². The van der Waals surface area contributed by atoms with Crippen LogP contribution in [0.25, 0.3) is 0 Å². The molecule has 1 N–H and O–H groups in total. The Morgan fingerprint density at radius 2 is 1.67 bits per heavy atom. The van der Waals surface area contributed by atoms with Crippen LogP contribution in [0.15, 0.2) is 0 Å². The summed E-state index contributed by atoms with van der Waals surface area (Å²) >= 11 is 0. The highest BCUT2D eigenvalue weighted by atomic mass is 19.4. The van der Waals surface area contributed by atoms with Gasteiger partial charge in [0.2, 0.25) is 0 Å². The zero-order valence-corrected chi connectivity index (χ0v) is 7.70. The Labute approximate surface area is 71.3 Å². The molecule has 1 nitrogen and oxygen atoms in total. The lowest BCUT2D eigenvalue weighted by molar-refractivity contribution is -0.177. The number of hydrogen-bond donors (Lipinski definition) is 1. The fourth-order valence-electron chi connectivity index (χ4n) is 1.25. The maximum absolute atomic E-state index is 12.0. The minimum Gasteiger partial charge on any atom is -0.316 e. The number of nitrogens with one attached hydrogen (secondary N) is 1. The standard InChI is InChI=1S/C6H10F3N.C2H6/c1-4-2-10-3-5(4)6(7,8)9;1-2/h4-5,10H,2-3H2,1H3;1-2H3. The molecule has 0 aliphatic carbocycles. The first-order valence-electron chi connectivity index (χ1n) is 4.29. The number of alkyl halides is 3. The predicted octanol–water partition coefficient (Wildman–Crippen LogP) is 2.43. The fourth-order valence-corrected chi connectivity index (χ4v) is 1.25. The first kappa shape index (κ1) is 11.8. The van der Waals surface area contributed by atoms with Crippen molar-refractivity contribution in [3.8, 4) is 0 Å². The molecule has 1 aliphatic heterocycles. The average molecular weight is 183 g/mol. The summed E-state index contributed by atoms with van der Waals surface area (Å²) in [5.74, 6) is -1.40. The van der Waals surface area contributed by atoms with Crippen LogP contribution in [0.5, 0.6) is 0 Å². The molecule has 1 heterocycles. The SMILES string of the molecule is CC.CC1CNCC1C(F)(F)F. The van der Waals surface area contributed by atoms with Crippen LogP contribution in [0, 0.1) is 11.8 Å². The molecule has 0 bridgehead atoms. The van der Waals surface area contributed by atoms with Gasteiger partial charge in [-0.25, -0.2) is 0 Å². The lowest BCUT2D eigenvalue weighted by Crippen LogP contribution is -2.28. The summed E-state index contributed by atoms with van der Waals surface area (Å²) in [6, 6.07) is 0. The van der Waals surface area contributed by atoms with E-state index in [2.05, 4.69) is 5.32 Å². The lowest BCUT2D eigenvalue weighted by atomic mass is 9.98. The van der Waals surface area contributed by atoms with E-state index in [0.717, 1.165) is 0 Å². The summed E-state index contributed by atoms with van der Waals surface area (Å²) in [6.07, 6.45) is -4.01. The Morgan fingerprint density at radius 1 is 1.17 bits per heavy atom. The van der Waals surface area contributed by atoms with Crippen molar-refractivity contribution in [2.45, 2.75) is 26.9 Å². The van der Waals surface area contributed by atoms with Crippen LogP contribution in [0.4, 0.5) is 13.2 Å². The van der Waals surface area contributed by atoms with Crippen molar-refractivity contribution in [2.24, 2.45) is 11.8 Å². The zero-order chi connectivity index (χ0) is 9.78. The fraction of sp³-hybridized carbons (Fsp3) is 1.00. The summed E-state index contributed by atoms with van der Waals surface area (Å²) in [5.41, 5.74) is 0. The molecule has 0 aromatic heterocycles. The zero-order valence-electron chi connectivity index (χ0n) is 7.70. The average Bonchev–Trinajstić information content (AvgIpc) is 2.38. The van der Waals surface area contributed by atoms with Gasteiger partial charge in [0.25, 0.3) is 0 Å². The molecular formula is C8H16F3N. The quantitative estimate of drug-likeness (QED) is 0.608. The van der Waals surface area contributed by atoms with E-state index in [1.807, 2.05) is 13.8 Å². The summed E-state index contributed by atoms with van der Waals surface area (Å²) in [4.78, 5) is 0. The summed E-state index contributed by atoms with van der Waals surface area (Å²) in [6.45, 7) is 6.20. The number of halogens is 3. The minimum absolute atomic E-state index is 0.0880. The van der Waals surface area contributed by atoms with Crippen LogP contribution < -0.4 is 5.32 Å². The molecule has 4 heteroatoms. The lowest BCUT2D eigenvalue weighted by Gasteiger charge is -2.17. The molecule has 2 atom stereocenters. The summed E-state index contributed by atoms with van der Waals surface area (Å²) < 4.78 is 35.9. The predicted molar refractivity (Wildman–Crippen MR) is 42.9 cm³/mol. The van der Waals surface area contributed by atoms with E-state index in [0.29, 0.717) is 6.54 Å². The molecule has 0 saturated carbocycles. The maximum Gasteiger partial charge on any atom is 0.393 e. The molecule has 0 radical (unpaired) electrons. The molecule has 0 aromatic carbocycles. The van der Waals surface area contributed by atoms with Crippen molar-refractivity contribution in [3.05, 3.63) is 0 Å². The van der Waals surface area contributed by atoms with Crippen LogP contribution in [-0.4, -0.2) is 19.3 Å². The molecular weight excluding hydrogens is 167 g/mol. The monoisotopic (exact) mass is 183 g/mol. The minimum atomic E-state index is -4.01. The van der Waals surface area contributed by atoms with Gasteiger partial charge in [-0.05, 0) is 12.5 Å². The van der Waals surface area contributed by atoms with Gasteiger partial charge < -0.3 is 5.32 Å². The Bertz CT molecular complexity index is 122. The first-order chi connectivity index (χ1) is 5.52. The van der Waals surface area contributed by atoms with Gasteiger partial charge in [-0.3, -0.25) is 0 Å². The van der Waals surface area contributed by atoms with Gasteiger partial charge in [0.15, 0.2) is 0 Å². The third kappa shape index (κ3) is 3.01. The first-order valence-corrected chi connectivity index (χ1v) is 4.29. The van der Waals surface area contributed by atoms with E-state index >= 15 is 0 Å². The van der Waals surface area contributed by atoms with E-state index in [-0.39, 0.29) is 12.5 Å². The van der Waals surface area contributed by atoms with Crippen molar-refractivity contribution in [3.63, 3.8) is 0 Å². The van der Waals surface area contributed by atoms with Crippen molar-refractivity contribution in [1.29, 1.82) is 0 Å². The molecule has 1 rings (SSSR count). The third-order valence-corrected chi connectivity index (χ3v) is 1.94. The normalized spacial score (nSPS) is 29.5. The second-order valence-electron chi connectivity index (χ2n) is 2.78. The van der Waals surface area contributed by atoms with Gasteiger partial charge in [-0.1, -0.05) is 20.8 Å². The molecule has 0 amide bonds. The smallest absolute Gasteiger partial charge is 0.316 e. The molecule has 1 saturated heterocycles. The van der Waals surface area contributed by atoms with E-state index in [9.17, 15) is 13.2 Å². The van der Waals surface area contributed by atoms with E-state index in [1.54, 1.807) is 6.92 Å². The van der Waals surface area contributed by atoms with Gasteiger partial charge >= 0.3 is 6.18 Å². The highest BCUT2D eigenvalue weighted by Crippen LogP contribution is 2.33. The Morgan fingerprint density at radius 3 is 1.83 bits per heavy atom. The molecule has 0 aromatic rings. The van der Waals surface area contributed by atoms with Gasteiger partial charge in [-0.2, -0.15) is 13.2 Å². The van der Waals surface area contributed by atoms with Crippen LogP contribution in [-0.2, 0) is 0 Å². The van der Waals surface area contributed by atoms with E-state index in [1.165, 1.54) is 0 Å². The molecule has 1 aliphatic rings. The number of rotatable bonds is 0.